The van der Waals surface area contributed by atoms with Crippen molar-refractivity contribution in [1.82, 2.24) is 9.45 Å². The molecule has 2 aromatic rings. The Balaban J connectivity index is 2.72. The molecule has 0 atom stereocenters. The predicted octanol–water partition coefficient (Wildman–Crippen LogP) is 2.52. The van der Waals surface area contributed by atoms with Crippen molar-refractivity contribution in [3.8, 4) is 0 Å². The minimum atomic E-state index is -1.36. The lowest BCUT2D eigenvalue weighted by Gasteiger charge is -2.17. The first kappa shape index (κ1) is 8.50. The smallest absolute Gasteiger partial charge is 0.176 e. The molecule has 1 heterocycles. The van der Waals surface area contributed by atoms with Gasteiger partial charge in [-0.3, -0.25) is 4.35 Å². The van der Waals surface area contributed by atoms with Crippen LogP contribution in [0, 0.1) is 6.07 Å². The standard InChI is InChI=1S/C10H13N2Si/c1-13(2,3)12-10-7-5-4-6-9(10)8-11-12/h4,6-8H,1-3H3. The van der Waals surface area contributed by atoms with E-state index >= 15 is 0 Å². The van der Waals surface area contributed by atoms with Gasteiger partial charge < -0.3 is 0 Å². The van der Waals surface area contributed by atoms with Crippen LogP contribution in [-0.4, -0.2) is 17.7 Å². The van der Waals surface area contributed by atoms with Gasteiger partial charge in [-0.1, -0.05) is 12.1 Å². The minimum Gasteiger partial charge on any atom is -0.295 e. The van der Waals surface area contributed by atoms with Crippen LogP contribution >= 0.6 is 0 Å². The van der Waals surface area contributed by atoms with E-state index in [9.17, 15) is 0 Å². The number of benzene rings is 1. The van der Waals surface area contributed by atoms with E-state index < -0.39 is 8.24 Å². The Bertz CT molecular complexity index is 426. The van der Waals surface area contributed by atoms with Crippen molar-refractivity contribution in [2.24, 2.45) is 0 Å². The van der Waals surface area contributed by atoms with Crippen LogP contribution in [0.15, 0.2) is 24.4 Å². The molecule has 0 saturated heterocycles. The Hall–Kier alpha value is -1.09. The third-order valence-corrected chi connectivity index (χ3v) is 3.68. The summed E-state index contributed by atoms with van der Waals surface area (Å²) in [5, 5.41) is 5.63. The molecule has 1 aromatic heterocycles. The van der Waals surface area contributed by atoms with E-state index in [2.05, 4.69) is 41.2 Å². The molecular formula is C10H13N2Si. The lowest BCUT2D eigenvalue weighted by Crippen LogP contribution is -2.32. The summed E-state index contributed by atoms with van der Waals surface area (Å²) in [7, 11) is -1.36. The summed E-state index contributed by atoms with van der Waals surface area (Å²) in [6, 6.07) is 9.09. The molecule has 13 heavy (non-hydrogen) atoms. The molecule has 0 aliphatic heterocycles. The molecule has 0 aliphatic rings. The summed E-state index contributed by atoms with van der Waals surface area (Å²) in [4.78, 5) is 0. The second kappa shape index (κ2) is 2.70. The quantitative estimate of drug-likeness (QED) is 0.630. The molecular weight excluding hydrogens is 176 g/mol. The maximum atomic E-state index is 4.42. The van der Waals surface area contributed by atoms with Crippen LogP contribution in [0.1, 0.15) is 0 Å². The summed E-state index contributed by atoms with van der Waals surface area (Å²) in [5.41, 5.74) is 1.21. The molecule has 2 rings (SSSR count). The largest absolute Gasteiger partial charge is 0.295 e. The van der Waals surface area contributed by atoms with E-state index in [4.69, 9.17) is 0 Å². The van der Waals surface area contributed by atoms with Crippen LogP contribution in [0.3, 0.4) is 0 Å². The Morgan fingerprint density at radius 2 is 2.15 bits per heavy atom. The van der Waals surface area contributed by atoms with Crippen molar-refractivity contribution in [1.29, 1.82) is 0 Å². The van der Waals surface area contributed by atoms with Gasteiger partial charge in [0.2, 0.25) is 0 Å². The van der Waals surface area contributed by atoms with Gasteiger partial charge in [0.1, 0.15) is 0 Å². The predicted molar refractivity (Wildman–Crippen MR) is 57.3 cm³/mol. The summed E-state index contributed by atoms with van der Waals surface area (Å²) in [6.07, 6.45) is 1.93. The molecule has 0 spiro atoms. The van der Waals surface area contributed by atoms with E-state index in [-0.39, 0.29) is 0 Å². The average molecular weight is 189 g/mol. The van der Waals surface area contributed by atoms with E-state index in [1.165, 1.54) is 10.9 Å². The van der Waals surface area contributed by atoms with Crippen molar-refractivity contribution >= 4 is 19.1 Å². The molecule has 0 N–H and O–H groups in total. The zero-order valence-corrected chi connectivity index (χ0v) is 9.20. The molecule has 3 heteroatoms. The van der Waals surface area contributed by atoms with Crippen molar-refractivity contribution in [3.05, 3.63) is 30.5 Å². The molecule has 1 aromatic carbocycles. The highest BCUT2D eigenvalue weighted by atomic mass is 28.3. The van der Waals surface area contributed by atoms with Crippen molar-refractivity contribution in [3.63, 3.8) is 0 Å². The Morgan fingerprint density at radius 3 is 2.85 bits per heavy atom. The first-order valence-electron chi connectivity index (χ1n) is 4.43. The van der Waals surface area contributed by atoms with Crippen LogP contribution in [0.5, 0.6) is 0 Å². The summed E-state index contributed by atoms with van der Waals surface area (Å²) >= 11 is 0. The van der Waals surface area contributed by atoms with Crippen molar-refractivity contribution in [2.75, 3.05) is 0 Å². The molecule has 2 nitrogen and oxygen atoms in total. The second-order valence-corrected chi connectivity index (χ2v) is 8.98. The van der Waals surface area contributed by atoms with Gasteiger partial charge in [0, 0.05) is 5.39 Å². The molecule has 67 valence electrons. The topological polar surface area (TPSA) is 17.8 Å². The van der Waals surface area contributed by atoms with E-state index in [1.54, 1.807) is 0 Å². The van der Waals surface area contributed by atoms with Crippen molar-refractivity contribution < 1.29 is 0 Å². The average Bonchev–Trinajstić information content (AvgIpc) is 2.45. The molecule has 1 radical (unpaired) electrons. The molecule has 0 amide bonds. The number of nitrogens with zero attached hydrogens (tertiary/aromatic N) is 2. The van der Waals surface area contributed by atoms with Gasteiger partial charge in [-0.15, -0.1) is 0 Å². The van der Waals surface area contributed by atoms with Crippen LogP contribution in [0.25, 0.3) is 10.9 Å². The van der Waals surface area contributed by atoms with Crippen LogP contribution in [-0.2, 0) is 0 Å². The lowest BCUT2D eigenvalue weighted by molar-refractivity contribution is 0.963. The van der Waals surface area contributed by atoms with Gasteiger partial charge >= 0.3 is 0 Å². The fourth-order valence-electron chi connectivity index (χ4n) is 1.44. The molecule has 0 aliphatic carbocycles. The second-order valence-electron chi connectivity index (χ2n) is 4.21. The van der Waals surface area contributed by atoms with E-state index in [0.29, 0.717) is 0 Å². The summed E-state index contributed by atoms with van der Waals surface area (Å²) in [6.45, 7) is 6.85. The highest BCUT2D eigenvalue weighted by molar-refractivity contribution is 6.75. The molecule has 0 bridgehead atoms. The number of hydrogen-bond donors (Lipinski definition) is 0. The summed E-state index contributed by atoms with van der Waals surface area (Å²) < 4.78 is 2.17. The molecule has 0 fully saturated rings. The monoisotopic (exact) mass is 189 g/mol. The van der Waals surface area contributed by atoms with Gasteiger partial charge in [0.25, 0.3) is 0 Å². The Morgan fingerprint density at radius 1 is 1.38 bits per heavy atom. The van der Waals surface area contributed by atoms with Gasteiger partial charge in [-0.05, 0) is 31.8 Å². The van der Waals surface area contributed by atoms with Crippen molar-refractivity contribution in [2.45, 2.75) is 19.6 Å². The lowest BCUT2D eigenvalue weighted by atomic mass is 10.3. The molecule has 0 saturated carbocycles. The number of fused-ring (bicyclic) bond motifs is 1. The molecule has 0 unspecified atom stereocenters. The van der Waals surface area contributed by atoms with Gasteiger partial charge in [0.05, 0.1) is 11.7 Å². The highest BCUT2D eigenvalue weighted by Crippen LogP contribution is 2.16. The third kappa shape index (κ3) is 1.39. The van der Waals surface area contributed by atoms with Crippen LogP contribution in [0.2, 0.25) is 19.6 Å². The third-order valence-electron chi connectivity index (χ3n) is 2.05. The number of rotatable bonds is 1. The fraction of sp³-hybridized carbons (Fsp3) is 0.300. The Labute approximate surface area is 79.3 Å². The SMILES string of the molecule is C[Si](C)(C)n1ncc2cc[c]cc21. The normalized spacial score (nSPS) is 12.2. The first-order chi connectivity index (χ1) is 6.09. The van der Waals surface area contributed by atoms with Gasteiger partial charge in [-0.2, -0.15) is 5.10 Å². The zero-order chi connectivity index (χ0) is 9.47. The minimum absolute atomic E-state index is 1.21. The van der Waals surface area contributed by atoms with Gasteiger partial charge in [-0.25, -0.2) is 0 Å². The first-order valence-corrected chi connectivity index (χ1v) is 7.88. The van der Waals surface area contributed by atoms with Gasteiger partial charge in [0.15, 0.2) is 8.24 Å². The maximum absolute atomic E-state index is 4.42. The van der Waals surface area contributed by atoms with Crippen LogP contribution < -0.4 is 0 Å². The number of hydrogen-bond acceptors (Lipinski definition) is 1. The fourth-order valence-corrected chi connectivity index (χ4v) is 2.76. The van der Waals surface area contributed by atoms with E-state index in [0.717, 1.165) is 0 Å². The number of aromatic nitrogens is 2. The summed E-state index contributed by atoms with van der Waals surface area (Å²) in [5.74, 6) is 0. The maximum Gasteiger partial charge on any atom is 0.176 e. The van der Waals surface area contributed by atoms with Crippen LogP contribution in [0.4, 0.5) is 0 Å². The Kier molecular flexibility index (Phi) is 1.77. The van der Waals surface area contributed by atoms with E-state index in [1.807, 2.05) is 18.3 Å². The zero-order valence-electron chi connectivity index (χ0n) is 8.20. The highest BCUT2D eigenvalue weighted by Gasteiger charge is 2.19.